The third-order valence-corrected chi connectivity index (χ3v) is 4.14. The second kappa shape index (κ2) is 7.46. The van der Waals surface area contributed by atoms with Crippen LogP contribution < -0.4 is 0 Å². The Morgan fingerprint density at radius 2 is 2.00 bits per heavy atom. The van der Waals surface area contributed by atoms with Crippen molar-refractivity contribution in [3.8, 4) is 0 Å². The molecular weight excluding hydrogens is 312 g/mol. The number of hydrogen-bond donors (Lipinski definition) is 3. The van der Waals surface area contributed by atoms with E-state index in [2.05, 4.69) is 0 Å². The van der Waals surface area contributed by atoms with Gasteiger partial charge in [0.05, 0.1) is 12.5 Å². The normalized spacial score (nSPS) is 30.8. The standard InChI is InChI=1S/C10H18BF2O7P/c1-18-7-6(5-10(12,13)21(15,16)17)20-9(11)8(7)19-4-2-3-14/h6-9,14H,2-5H2,1H3,(H2,15,16,17)/t6-,7-,8-,9-/m1/s1. The largest absolute Gasteiger partial charge is 0.396 e. The minimum Gasteiger partial charge on any atom is -0.396 e. The molecule has 0 aromatic heterocycles. The third kappa shape index (κ3) is 4.69. The molecule has 1 heterocycles. The van der Waals surface area contributed by atoms with E-state index in [0.29, 0.717) is 6.42 Å². The van der Waals surface area contributed by atoms with Gasteiger partial charge in [-0.15, -0.1) is 0 Å². The lowest BCUT2D eigenvalue weighted by Gasteiger charge is -2.25. The van der Waals surface area contributed by atoms with E-state index in [9.17, 15) is 13.3 Å². The van der Waals surface area contributed by atoms with E-state index in [0.717, 1.165) is 0 Å². The molecule has 4 atom stereocenters. The van der Waals surface area contributed by atoms with Crippen LogP contribution in [-0.2, 0) is 18.8 Å². The predicted octanol–water partition coefficient (Wildman–Crippen LogP) is -0.177. The van der Waals surface area contributed by atoms with Crippen molar-refractivity contribution in [1.82, 2.24) is 0 Å². The zero-order chi connectivity index (χ0) is 16.3. The molecule has 11 heteroatoms. The number of halogens is 2. The molecule has 0 amide bonds. The fourth-order valence-corrected chi connectivity index (χ4v) is 2.46. The Kier molecular flexibility index (Phi) is 6.73. The quantitative estimate of drug-likeness (QED) is 0.322. The number of aliphatic hydroxyl groups is 1. The first-order chi connectivity index (χ1) is 9.64. The molecule has 0 aliphatic carbocycles. The molecule has 0 spiro atoms. The van der Waals surface area contributed by atoms with Crippen LogP contribution in [0, 0.1) is 0 Å². The van der Waals surface area contributed by atoms with Crippen molar-refractivity contribution < 1.29 is 42.4 Å². The highest BCUT2D eigenvalue weighted by Crippen LogP contribution is 2.56. The van der Waals surface area contributed by atoms with Crippen LogP contribution in [0.15, 0.2) is 0 Å². The summed E-state index contributed by atoms with van der Waals surface area (Å²) in [5.74, 6) is 0. The SMILES string of the molecule is [B][C@@H]1O[C@H](CC(F)(F)P(=O)(O)O)[C@@H](OC)[C@H]1OCCCO. The molecule has 1 aliphatic rings. The zero-order valence-electron chi connectivity index (χ0n) is 11.4. The van der Waals surface area contributed by atoms with E-state index in [1.54, 1.807) is 0 Å². The Morgan fingerprint density at radius 1 is 1.38 bits per heavy atom. The molecule has 1 saturated heterocycles. The van der Waals surface area contributed by atoms with Crippen molar-refractivity contribution in [3.63, 3.8) is 0 Å². The maximum atomic E-state index is 13.4. The van der Waals surface area contributed by atoms with Crippen LogP contribution >= 0.6 is 7.60 Å². The van der Waals surface area contributed by atoms with Crippen molar-refractivity contribution in [2.45, 2.75) is 42.8 Å². The summed E-state index contributed by atoms with van der Waals surface area (Å²) in [6.45, 7) is 0.0138. The highest BCUT2D eigenvalue weighted by molar-refractivity contribution is 7.53. The number of hydrogen-bond acceptors (Lipinski definition) is 5. The number of methoxy groups -OCH3 is 1. The second-order valence-corrected chi connectivity index (χ2v) is 6.41. The van der Waals surface area contributed by atoms with Crippen LogP contribution in [0.4, 0.5) is 8.78 Å². The molecule has 0 saturated carbocycles. The first-order valence-corrected chi connectivity index (χ1v) is 7.85. The molecular formula is C10H18BF2O7P. The lowest BCUT2D eigenvalue weighted by atomic mass is 9.92. The predicted molar refractivity (Wildman–Crippen MR) is 68.3 cm³/mol. The van der Waals surface area contributed by atoms with Crippen molar-refractivity contribution >= 4 is 15.4 Å². The van der Waals surface area contributed by atoms with Crippen LogP contribution in [0.1, 0.15) is 12.8 Å². The lowest BCUT2D eigenvalue weighted by molar-refractivity contribution is -0.0647. The highest BCUT2D eigenvalue weighted by atomic mass is 31.2. The van der Waals surface area contributed by atoms with E-state index in [-0.39, 0.29) is 13.2 Å². The van der Waals surface area contributed by atoms with Crippen LogP contribution in [0.2, 0.25) is 0 Å². The van der Waals surface area contributed by atoms with Gasteiger partial charge in [0.15, 0.2) is 0 Å². The topological polar surface area (TPSA) is 105 Å². The minimum atomic E-state index is -5.61. The smallest absolute Gasteiger partial charge is 0.394 e. The first kappa shape index (κ1) is 19.0. The number of aliphatic hydroxyl groups excluding tert-OH is 1. The molecule has 0 bridgehead atoms. The lowest BCUT2D eigenvalue weighted by Crippen LogP contribution is -2.39. The molecule has 2 radical (unpaired) electrons. The Balaban J connectivity index is 2.74. The van der Waals surface area contributed by atoms with Gasteiger partial charge in [0.25, 0.3) is 0 Å². The van der Waals surface area contributed by atoms with E-state index < -0.39 is 44.0 Å². The zero-order valence-corrected chi connectivity index (χ0v) is 12.3. The maximum Gasteiger partial charge on any atom is 0.394 e. The molecule has 0 aromatic carbocycles. The minimum absolute atomic E-state index is 0.111. The summed E-state index contributed by atoms with van der Waals surface area (Å²) >= 11 is 0. The molecule has 0 aromatic rings. The van der Waals surface area contributed by atoms with Gasteiger partial charge >= 0.3 is 13.3 Å². The van der Waals surface area contributed by atoms with E-state index in [4.69, 9.17) is 37.0 Å². The van der Waals surface area contributed by atoms with Crippen molar-refractivity contribution in [2.24, 2.45) is 0 Å². The molecule has 0 unspecified atom stereocenters. The summed E-state index contributed by atoms with van der Waals surface area (Å²) in [6.07, 6.45) is -4.08. The van der Waals surface area contributed by atoms with Gasteiger partial charge in [-0.3, -0.25) is 4.57 Å². The second-order valence-electron chi connectivity index (χ2n) is 4.67. The number of ether oxygens (including phenoxy) is 3. The summed E-state index contributed by atoms with van der Waals surface area (Å²) in [4.78, 5) is 17.3. The Hall–Kier alpha value is -0.0851. The summed E-state index contributed by atoms with van der Waals surface area (Å²) in [5.41, 5.74) is -4.24. The van der Waals surface area contributed by atoms with Gasteiger partial charge in [0.2, 0.25) is 0 Å². The van der Waals surface area contributed by atoms with Gasteiger partial charge in [0, 0.05) is 26.3 Å². The van der Waals surface area contributed by atoms with Crippen LogP contribution in [0.3, 0.4) is 0 Å². The van der Waals surface area contributed by atoms with Gasteiger partial charge in [-0.05, 0) is 6.42 Å². The molecule has 3 N–H and O–H groups in total. The number of rotatable bonds is 8. The molecule has 21 heavy (non-hydrogen) atoms. The monoisotopic (exact) mass is 330 g/mol. The van der Waals surface area contributed by atoms with Gasteiger partial charge < -0.3 is 29.1 Å². The Bertz CT molecular complexity index is 380. The summed E-state index contributed by atoms with van der Waals surface area (Å²) in [6, 6.07) is -1.06. The average molecular weight is 330 g/mol. The van der Waals surface area contributed by atoms with E-state index in [1.807, 2.05) is 0 Å². The van der Waals surface area contributed by atoms with Crippen molar-refractivity contribution in [1.29, 1.82) is 0 Å². The molecule has 1 aliphatic heterocycles. The summed E-state index contributed by atoms with van der Waals surface area (Å²) in [7, 11) is 1.24. The maximum absolute atomic E-state index is 13.4. The first-order valence-electron chi connectivity index (χ1n) is 6.24. The van der Waals surface area contributed by atoms with Gasteiger partial charge in [-0.1, -0.05) is 0 Å². The highest BCUT2D eigenvalue weighted by Gasteiger charge is 2.54. The third-order valence-electron chi connectivity index (χ3n) is 3.10. The van der Waals surface area contributed by atoms with Gasteiger partial charge in [0.1, 0.15) is 20.1 Å². The molecule has 122 valence electrons. The van der Waals surface area contributed by atoms with Crippen LogP contribution in [-0.4, -0.2) is 73.0 Å². The van der Waals surface area contributed by atoms with E-state index >= 15 is 0 Å². The fraction of sp³-hybridized carbons (Fsp3) is 1.00. The molecule has 1 rings (SSSR count). The number of alkyl halides is 2. The molecule has 7 nitrogen and oxygen atoms in total. The van der Waals surface area contributed by atoms with E-state index in [1.165, 1.54) is 7.11 Å². The Labute approximate surface area is 122 Å². The van der Waals surface area contributed by atoms with Crippen LogP contribution in [0.25, 0.3) is 0 Å². The summed E-state index contributed by atoms with van der Waals surface area (Å²) < 4.78 is 53.1. The summed E-state index contributed by atoms with van der Waals surface area (Å²) in [5, 5.41) is 8.66. The van der Waals surface area contributed by atoms with Crippen molar-refractivity contribution in [2.75, 3.05) is 20.3 Å². The fourth-order valence-electron chi connectivity index (χ4n) is 2.04. The molecule has 1 fully saturated rings. The van der Waals surface area contributed by atoms with Crippen LogP contribution in [0.5, 0.6) is 0 Å². The Morgan fingerprint density at radius 3 is 2.48 bits per heavy atom. The van der Waals surface area contributed by atoms with Gasteiger partial charge in [-0.2, -0.15) is 8.78 Å². The van der Waals surface area contributed by atoms with Crippen molar-refractivity contribution in [3.05, 3.63) is 0 Å². The van der Waals surface area contributed by atoms with Gasteiger partial charge in [-0.25, -0.2) is 0 Å². The average Bonchev–Trinajstić information content (AvgIpc) is 2.63.